The van der Waals surface area contributed by atoms with Gasteiger partial charge in [0, 0.05) is 17.7 Å². The van der Waals surface area contributed by atoms with Crippen LogP contribution in [0.15, 0.2) is 42.5 Å². The number of benzene rings is 2. The molecular weight excluding hydrogens is 250 g/mol. The number of hydrogen-bond donors (Lipinski definition) is 0. The van der Waals surface area contributed by atoms with Gasteiger partial charge in [-0.05, 0) is 43.4 Å². The van der Waals surface area contributed by atoms with Gasteiger partial charge in [-0.2, -0.15) is 0 Å². The van der Waals surface area contributed by atoms with E-state index in [0.717, 1.165) is 29.7 Å². The normalized spacial score (nSPS) is 10.6. The molecule has 0 radical (unpaired) electrons. The van der Waals surface area contributed by atoms with Gasteiger partial charge in [0.05, 0.1) is 7.11 Å². The zero-order chi connectivity index (χ0) is 14.5. The molecule has 0 saturated heterocycles. The maximum Gasteiger partial charge on any atom is 0.150 e. The summed E-state index contributed by atoms with van der Waals surface area (Å²) in [5.41, 5.74) is 3.91. The van der Waals surface area contributed by atoms with Crippen LogP contribution in [0.5, 0.6) is 5.75 Å². The highest BCUT2D eigenvalue weighted by atomic mass is 16.5. The summed E-state index contributed by atoms with van der Waals surface area (Å²) in [6.07, 6.45) is 0.859. The Morgan fingerprint density at radius 3 is 2.50 bits per heavy atom. The maximum atomic E-state index is 11.0. The summed E-state index contributed by atoms with van der Waals surface area (Å²) >= 11 is 0. The van der Waals surface area contributed by atoms with E-state index in [2.05, 4.69) is 17.0 Å². The zero-order valence-electron chi connectivity index (χ0n) is 12.1. The highest BCUT2D eigenvalue weighted by Gasteiger charge is 2.11. The van der Waals surface area contributed by atoms with Gasteiger partial charge in [0.25, 0.3) is 0 Å². The van der Waals surface area contributed by atoms with Crippen LogP contribution in [-0.2, 0) is 6.54 Å². The van der Waals surface area contributed by atoms with Gasteiger partial charge in [0.1, 0.15) is 12.0 Å². The van der Waals surface area contributed by atoms with Gasteiger partial charge in [-0.15, -0.1) is 0 Å². The van der Waals surface area contributed by atoms with E-state index in [1.165, 1.54) is 5.56 Å². The number of nitrogens with zero attached hydrogens (tertiary/aromatic N) is 1. The summed E-state index contributed by atoms with van der Waals surface area (Å²) in [5, 5.41) is 0. The third kappa shape index (κ3) is 3.06. The highest BCUT2D eigenvalue weighted by molar-refractivity contribution is 5.82. The first-order valence-corrected chi connectivity index (χ1v) is 6.52. The lowest BCUT2D eigenvalue weighted by Crippen LogP contribution is -2.11. The van der Waals surface area contributed by atoms with Gasteiger partial charge in [-0.25, -0.2) is 0 Å². The van der Waals surface area contributed by atoms with Crippen LogP contribution in [0.4, 0.5) is 0 Å². The summed E-state index contributed by atoms with van der Waals surface area (Å²) in [4.78, 5) is 13.1. The molecular formula is C17H19NO2. The van der Waals surface area contributed by atoms with Crippen LogP contribution in [0, 0.1) is 0 Å². The Bertz CT molecular complexity index is 606. The molecule has 0 atom stereocenters. The smallest absolute Gasteiger partial charge is 0.150 e. The molecule has 0 aromatic heterocycles. The SMILES string of the molecule is COc1ccc(C=O)cc1-c1ccccc1CN(C)C. The molecule has 104 valence electrons. The number of rotatable bonds is 5. The van der Waals surface area contributed by atoms with Gasteiger partial charge in [0.15, 0.2) is 0 Å². The Morgan fingerprint density at radius 2 is 1.85 bits per heavy atom. The fourth-order valence-electron chi connectivity index (χ4n) is 2.27. The van der Waals surface area contributed by atoms with Gasteiger partial charge in [-0.1, -0.05) is 24.3 Å². The number of hydrogen-bond acceptors (Lipinski definition) is 3. The van der Waals surface area contributed by atoms with Crippen molar-refractivity contribution in [2.45, 2.75) is 6.54 Å². The third-order valence-electron chi connectivity index (χ3n) is 3.15. The van der Waals surface area contributed by atoms with E-state index in [4.69, 9.17) is 4.74 Å². The molecule has 0 unspecified atom stereocenters. The van der Waals surface area contributed by atoms with Crippen molar-refractivity contribution in [1.82, 2.24) is 4.90 Å². The van der Waals surface area contributed by atoms with Crippen LogP contribution in [0.1, 0.15) is 15.9 Å². The molecule has 0 aliphatic heterocycles. The van der Waals surface area contributed by atoms with Crippen LogP contribution in [0.25, 0.3) is 11.1 Å². The average molecular weight is 269 g/mol. The first-order chi connectivity index (χ1) is 9.65. The lowest BCUT2D eigenvalue weighted by atomic mass is 9.97. The molecule has 0 saturated carbocycles. The quantitative estimate of drug-likeness (QED) is 0.780. The lowest BCUT2D eigenvalue weighted by molar-refractivity contribution is 0.112. The first kappa shape index (κ1) is 14.3. The van der Waals surface area contributed by atoms with Crippen LogP contribution >= 0.6 is 0 Å². The van der Waals surface area contributed by atoms with Crippen LogP contribution in [0.3, 0.4) is 0 Å². The maximum absolute atomic E-state index is 11.0. The summed E-state index contributed by atoms with van der Waals surface area (Å²) < 4.78 is 5.43. The predicted molar refractivity (Wildman–Crippen MR) is 81.2 cm³/mol. The van der Waals surface area contributed by atoms with Gasteiger partial charge in [-0.3, -0.25) is 4.79 Å². The first-order valence-electron chi connectivity index (χ1n) is 6.52. The van der Waals surface area contributed by atoms with Crippen molar-refractivity contribution in [1.29, 1.82) is 0 Å². The second-order valence-corrected chi connectivity index (χ2v) is 4.97. The minimum Gasteiger partial charge on any atom is -0.496 e. The fourth-order valence-corrected chi connectivity index (χ4v) is 2.27. The van der Waals surface area contributed by atoms with E-state index >= 15 is 0 Å². The summed E-state index contributed by atoms with van der Waals surface area (Å²) in [6, 6.07) is 13.7. The van der Waals surface area contributed by atoms with E-state index in [-0.39, 0.29) is 0 Å². The summed E-state index contributed by atoms with van der Waals surface area (Å²) in [6.45, 7) is 0.838. The average Bonchev–Trinajstić information content (AvgIpc) is 2.46. The number of carbonyl (C=O) groups is 1. The molecule has 0 spiro atoms. The van der Waals surface area contributed by atoms with Crippen molar-refractivity contribution in [3.05, 3.63) is 53.6 Å². The molecule has 2 aromatic rings. The van der Waals surface area contributed by atoms with Crippen molar-refractivity contribution >= 4 is 6.29 Å². The van der Waals surface area contributed by atoms with Crippen LogP contribution in [0.2, 0.25) is 0 Å². The highest BCUT2D eigenvalue weighted by Crippen LogP contribution is 2.33. The second-order valence-electron chi connectivity index (χ2n) is 4.97. The monoisotopic (exact) mass is 269 g/mol. The minimum atomic E-state index is 0.653. The van der Waals surface area contributed by atoms with E-state index < -0.39 is 0 Å². The molecule has 0 aliphatic rings. The number of carbonyl (C=O) groups excluding carboxylic acids is 1. The molecule has 2 aromatic carbocycles. The summed E-state index contributed by atoms with van der Waals surface area (Å²) in [5.74, 6) is 0.779. The van der Waals surface area contributed by atoms with Crippen LogP contribution in [-0.4, -0.2) is 32.4 Å². The number of aldehydes is 1. The largest absolute Gasteiger partial charge is 0.496 e. The molecule has 0 bridgehead atoms. The third-order valence-corrected chi connectivity index (χ3v) is 3.15. The lowest BCUT2D eigenvalue weighted by Gasteiger charge is -2.16. The minimum absolute atomic E-state index is 0.653. The van der Waals surface area contributed by atoms with Gasteiger partial charge >= 0.3 is 0 Å². The van der Waals surface area contributed by atoms with E-state index in [1.807, 2.05) is 38.4 Å². The number of methoxy groups -OCH3 is 1. The predicted octanol–water partition coefficient (Wildman–Crippen LogP) is 3.24. The summed E-state index contributed by atoms with van der Waals surface area (Å²) in [7, 11) is 5.72. The molecule has 20 heavy (non-hydrogen) atoms. The Balaban J connectivity index is 2.57. The standard InChI is InChI=1S/C17H19NO2/c1-18(2)11-14-6-4-5-7-15(14)16-10-13(12-19)8-9-17(16)20-3/h4-10,12H,11H2,1-3H3. The molecule has 0 fully saturated rings. The zero-order valence-corrected chi connectivity index (χ0v) is 12.1. The van der Waals surface area contributed by atoms with Crippen molar-refractivity contribution in [3.8, 4) is 16.9 Å². The Kier molecular flexibility index (Phi) is 4.53. The van der Waals surface area contributed by atoms with E-state index in [0.29, 0.717) is 5.56 Å². The van der Waals surface area contributed by atoms with Crippen molar-refractivity contribution in [2.24, 2.45) is 0 Å². The molecule has 0 aliphatic carbocycles. The van der Waals surface area contributed by atoms with Crippen molar-refractivity contribution < 1.29 is 9.53 Å². The van der Waals surface area contributed by atoms with E-state index in [1.54, 1.807) is 13.2 Å². The fraction of sp³-hybridized carbons (Fsp3) is 0.235. The Morgan fingerprint density at radius 1 is 1.10 bits per heavy atom. The molecule has 2 rings (SSSR count). The van der Waals surface area contributed by atoms with Crippen molar-refractivity contribution in [2.75, 3.05) is 21.2 Å². The van der Waals surface area contributed by atoms with E-state index in [9.17, 15) is 4.79 Å². The van der Waals surface area contributed by atoms with Crippen molar-refractivity contribution in [3.63, 3.8) is 0 Å². The van der Waals surface area contributed by atoms with Gasteiger partial charge in [0.2, 0.25) is 0 Å². The second kappa shape index (κ2) is 6.35. The molecule has 0 N–H and O–H groups in total. The Labute approximate surface area is 119 Å². The molecule has 0 amide bonds. The molecule has 3 nitrogen and oxygen atoms in total. The van der Waals surface area contributed by atoms with Gasteiger partial charge < -0.3 is 9.64 Å². The number of ether oxygens (including phenoxy) is 1. The molecule has 3 heteroatoms. The Hall–Kier alpha value is -2.13. The topological polar surface area (TPSA) is 29.5 Å². The molecule has 0 heterocycles. The van der Waals surface area contributed by atoms with Crippen LogP contribution < -0.4 is 4.74 Å².